The van der Waals surface area contributed by atoms with Crippen molar-refractivity contribution >= 4 is 85.8 Å². The lowest BCUT2D eigenvalue weighted by Crippen LogP contribution is -2.01. The van der Waals surface area contributed by atoms with E-state index in [9.17, 15) is 0 Å². The second-order valence-electron chi connectivity index (χ2n) is 12.8. The predicted molar refractivity (Wildman–Crippen MR) is 209 cm³/mol. The van der Waals surface area contributed by atoms with E-state index in [1.54, 1.807) is 11.3 Å². The molecule has 0 fully saturated rings. The fourth-order valence-electron chi connectivity index (χ4n) is 7.59. The summed E-state index contributed by atoms with van der Waals surface area (Å²) in [5.74, 6) is 1.83. The summed E-state index contributed by atoms with van der Waals surface area (Å²) < 4.78 is 9.13. The van der Waals surface area contributed by atoms with Crippen molar-refractivity contribution < 1.29 is 4.42 Å². The quantitative estimate of drug-likeness (QED) is 0.178. The number of thiophene rings is 1. The van der Waals surface area contributed by atoms with Crippen LogP contribution in [0, 0.1) is 0 Å². The van der Waals surface area contributed by atoms with Gasteiger partial charge in [-0.15, -0.1) is 11.3 Å². The molecular weight excluding hydrogens is 631 g/mol. The van der Waals surface area contributed by atoms with E-state index in [4.69, 9.17) is 19.4 Å². The topological polar surface area (TPSA) is 51.8 Å². The summed E-state index contributed by atoms with van der Waals surface area (Å²) in [7, 11) is 0. The molecule has 0 radical (unpaired) electrons. The van der Waals surface area contributed by atoms with Gasteiger partial charge in [-0.1, -0.05) is 121 Å². The number of hydrogen-bond acceptors (Lipinski definition) is 5. The molecule has 0 atom stereocenters. The van der Waals surface area contributed by atoms with Crippen molar-refractivity contribution in [1.82, 2.24) is 15.0 Å². The molecule has 0 aliphatic carbocycles. The molecule has 0 saturated carbocycles. The Kier molecular flexibility index (Phi) is 5.80. The van der Waals surface area contributed by atoms with Gasteiger partial charge in [0.05, 0.1) is 5.56 Å². The minimum absolute atomic E-state index is 0.583. The van der Waals surface area contributed by atoms with Gasteiger partial charge in [0.1, 0.15) is 11.2 Å². The van der Waals surface area contributed by atoms with Crippen molar-refractivity contribution in [3.8, 4) is 34.2 Å². The van der Waals surface area contributed by atoms with Crippen LogP contribution in [0.3, 0.4) is 0 Å². The van der Waals surface area contributed by atoms with E-state index >= 15 is 0 Å². The van der Waals surface area contributed by atoms with E-state index < -0.39 is 0 Å². The Morgan fingerprint density at radius 3 is 1.88 bits per heavy atom. The maximum atomic E-state index is 6.66. The zero-order chi connectivity index (χ0) is 32.8. The zero-order valence-corrected chi connectivity index (χ0v) is 27.4. The number of rotatable bonds is 3. The molecule has 3 aromatic heterocycles. The molecule has 0 spiro atoms. The van der Waals surface area contributed by atoms with Gasteiger partial charge in [-0.2, -0.15) is 0 Å². The highest BCUT2D eigenvalue weighted by Crippen LogP contribution is 2.42. The minimum Gasteiger partial charge on any atom is -0.455 e. The smallest absolute Gasteiger partial charge is 0.168 e. The molecule has 11 aromatic rings. The molecule has 50 heavy (non-hydrogen) atoms. The van der Waals surface area contributed by atoms with E-state index in [0.29, 0.717) is 17.5 Å². The molecule has 8 aromatic carbocycles. The Morgan fingerprint density at radius 2 is 1.02 bits per heavy atom. The van der Waals surface area contributed by atoms with Crippen LogP contribution < -0.4 is 0 Å². The summed E-state index contributed by atoms with van der Waals surface area (Å²) in [4.78, 5) is 15.9. The van der Waals surface area contributed by atoms with E-state index in [1.807, 2.05) is 12.1 Å². The van der Waals surface area contributed by atoms with Gasteiger partial charge in [0.25, 0.3) is 0 Å². The number of aromatic nitrogens is 3. The standard InChI is InChI=1S/C45H25N3OS/c1-3-13-29-26(11-1)24-37(32-16-6-5-15-31(29)32)44-46-43(28-21-22-35-34-18-8-10-20-39(34)50-40(35)25-28)47-45(48-44)41-30-14-4-2-12-27(30)23-36-33-17-7-9-19-38(33)49-42(36)41/h1-25H. The monoisotopic (exact) mass is 655 g/mol. The summed E-state index contributed by atoms with van der Waals surface area (Å²) in [5, 5.41) is 11.4. The highest BCUT2D eigenvalue weighted by Gasteiger charge is 2.22. The van der Waals surface area contributed by atoms with E-state index in [-0.39, 0.29) is 0 Å². The van der Waals surface area contributed by atoms with Crippen LogP contribution in [0.4, 0.5) is 0 Å². The summed E-state index contributed by atoms with van der Waals surface area (Å²) >= 11 is 1.79. The van der Waals surface area contributed by atoms with Crippen molar-refractivity contribution in [2.24, 2.45) is 0 Å². The maximum absolute atomic E-state index is 6.66. The third-order valence-corrected chi connectivity index (χ3v) is 11.0. The molecule has 232 valence electrons. The second-order valence-corrected chi connectivity index (χ2v) is 13.8. The lowest BCUT2D eigenvalue weighted by Gasteiger charge is -2.13. The molecule has 0 bridgehead atoms. The number of fused-ring (bicyclic) bond motifs is 10. The summed E-state index contributed by atoms with van der Waals surface area (Å²) in [5.41, 5.74) is 4.39. The van der Waals surface area contributed by atoms with Gasteiger partial charge in [-0.3, -0.25) is 0 Å². The SMILES string of the molecule is c1ccc2c(-c3nc(-c4ccc5c(c4)sc4ccccc45)nc(-c4cc5ccccc5c5ccccc45)n3)c3oc4ccccc4c3cc2c1. The van der Waals surface area contributed by atoms with Crippen LogP contribution >= 0.6 is 11.3 Å². The molecule has 0 unspecified atom stereocenters. The average molecular weight is 656 g/mol. The van der Waals surface area contributed by atoms with Gasteiger partial charge >= 0.3 is 0 Å². The lowest BCUT2D eigenvalue weighted by atomic mass is 9.96. The third-order valence-electron chi connectivity index (χ3n) is 9.90. The Balaban J connectivity index is 1.26. The van der Waals surface area contributed by atoms with Crippen LogP contribution in [0.2, 0.25) is 0 Å². The lowest BCUT2D eigenvalue weighted by molar-refractivity contribution is 0.670. The van der Waals surface area contributed by atoms with Crippen LogP contribution in [0.25, 0.3) is 109 Å². The minimum atomic E-state index is 0.583. The summed E-state index contributed by atoms with van der Waals surface area (Å²) in [6.45, 7) is 0. The van der Waals surface area contributed by atoms with E-state index in [2.05, 4.69) is 140 Å². The Hall–Kier alpha value is -6.43. The molecule has 5 heteroatoms. The fraction of sp³-hybridized carbons (Fsp3) is 0. The summed E-state index contributed by atoms with van der Waals surface area (Å²) in [6, 6.07) is 53.3. The van der Waals surface area contributed by atoms with Crippen LogP contribution in [0.5, 0.6) is 0 Å². The number of hydrogen-bond donors (Lipinski definition) is 0. The molecule has 3 heterocycles. The number of nitrogens with zero attached hydrogens (tertiary/aromatic N) is 3. The molecule has 0 aliphatic heterocycles. The predicted octanol–water partition coefficient (Wildman–Crippen LogP) is 12.6. The van der Waals surface area contributed by atoms with Crippen molar-refractivity contribution in [2.45, 2.75) is 0 Å². The number of benzene rings is 8. The molecule has 0 amide bonds. The van der Waals surface area contributed by atoms with Gasteiger partial charge in [0.2, 0.25) is 0 Å². The maximum Gasteiger partial charge on any atom is 0.168 e. The number of furan rings is 1. The van der Waals surface area contributed by atoms with Gasteiger partial charge in [-0.25, -0.2) is 15.0 Å². The van der Waals surface area contributed by atoms with Crippen molar-refractivity contribution in [3.63, 3.8) is 0 Å². The van der Waals surface area contributed by atoms with Crippen molar-refractivity contribution in [2.75, 3.05) is 0 Å². The Bertz CT molecular complexity index is 3170. The van der Waals surface area contributed by atoms with Gasteiger partial charge in [0.15, 0.2) is 17.5 Å². The third kappa shape index (κ3) is 4.08. The van der Waals surface area contributed by atoms with Gasteiger partial charge in [-0.05, 0) is 62.6 Å². The zero-order valence-electron chi connectivity index (χ0n) is 26.6. The van der Waals surface area contributed by atoms with E-state index in [0.717, 1.165) is 60.2 Å². The first-order chi connectivity index (χ1) is 24.8. The normalized spacial score (nSPS) is 12.0. The summed E-state index contributed by atoms with van der Waals surface area (Å²) in [6.07, 6.45) is 0. The first-order valence-electron chi connectivity index (χ1n) is 16.7. The number of para-hydroxylation sites is 1. The fourth-order valence-corrected chi connectivity index (χ4v) is 8.73. The molecule has 0 aliphatic rings. The van der Waals surface area contributed by atoms with Crippen molar-refractivity contribution in [3.05, 3.63) is 152 Å². The van der Waals surface area contributed by atoms with Gasteiger partial charge in [0, 0.05) is 42.1 Å². The van der Waals surface area contributed by atoms with Crippen LogP contribution in [0.15, 0.2) is 156 Å². The first-order valence-corrected chi connectivity index (χ1v) is 17.5. The van der Waals surface area contributed by atoms with Crippen LogP contribution in [0.1, 0.15) is 0 Å². The average Bonchev–Trinajstić information content (AvgIpc) is 3.74. The van der Waals surface area contributed by atoms with Crippen molar-refractivity contribution in [1.29, 1.82) is 0 Å². The molecule has 0 saturated heterocycles. The van der Waals surface area contributed by atoms with Crippen LogP contribution in [-0.2, 0) is 0 Å². The highest BCUT2D eigenvalue weighted by molar-refractivity contribution is 7.25. The Morgan fingerprint density at radius 1 is 0.400 bits per heavy atom. The van der Waals surface area contributed by atoms with E-state index in [1.165, 1.54) is 30.9 Å². The first kappa shape index (κ1) is 27.5. The molecule has 4 nitrogen and oxygen atoms in total. The second kappa shape index (κ2) is 10.5. The molecular formula is C45H25N3OS. The van der Waals surface area contributed by atoms with Crippen LogP contribution in [-0.4, -0.2) is 15.0 Å². The highest BCUT2D eigenvalue weighted by atomic mass is 32.1. The largest absolute Gasteiger partial charge is 0.455 e. The Labute approximate surface area is 289 Å². The molecule has 0 N–H and O–H groups in total. The molecule has 11 rings (SSSR count). The van der Waals surface area contributed by atoms with Gasteiger partial charge < -0.3 is 4.42 Å².